The van der Waals surface area contributed by atoms with E-state index in [0.29, 0.717) is 87.4 Å². The van der Waals surface area contributed by atoms with E-state index in [2.05, 4.69) is 4.90 Å². The lowest BCUT2D eigenvalue weighted by Gasteiger charge is -2.33. The van der Waals surface area contributed by atoms with Crippen molar-refractivity contribution in [1.29, 1.82) is 0 Å². The van der Waals surface area contributed by atoms with Gasteiger partial charge in [-0.2, -0.15) is 0 Å². The molecule has 528 valence electrons. The number of ether oxygens (including phenoxy) is 7. The minimum absolute atomic E-state index is 0.0586. The molecule has 0 fully saturated rings. The molecule has 2 aliphatic rings. The third-order valence-electron chi connectivity index (χ3n) is 13.0. The summed E-state index contributed by atoms with van der Waals surface area (Å²) in [6.45, 7) is 18.0. The summed E-state index contributed by atoms with van der Waals surface area (Å²) in [5, 5.41) is 61.4. The first-order valence-corrected chi connectivity index (χ1v) is 29.5. The number of methoxy groups -OCH3 is 2. The van der Waals surface area contributed by atoms with Crippen LogP contribution in [0, 0.1) is 0 Å². The Kier molecular flexibility index (Phi) is 30.8. The van der Waals surface area contributed by atoms with Gasteiger partial charge in [0.2, 0.25) is 5.79 Å². The van der Waals surface area contributed by atoms with Crippen LogP contribution in [0.5, 0.6) is 40.2 Å². The molecule has 31 nitrogen and oxygen atoms in total. The molecule has 0 aliphatic carbocycles. The average molecular weight is 1370 g/mol. The van der Waals surface area contributed by atoms with E-state index in [-0.39, 0.29) is 57.3 Å². The summed E-state index contributed by atoms with van der Waals surface area (Å²) in [5.74, 6) is -4.14. The number of carboxylic acids is 3. The minimum atomic E-state index is -1.11. The van der Waals surface area contributed by atoms with Gasteiger partial charge in [0.15, 0.2) is 0 Å². The van der Waals surface area contributed by atoms with Crippen LogP contribution in [0.15, 0.2) is 121 Å². The minimum Gasteiger partial charge on any atom is -0.507 e. The van der Waals surface area contributed by atoms with Gasteiger partial charge < -0.3 is 92.9 Å². The first-order chi connectivity index (χ1) is 46.1. The molecule has 0 unspecified atom stereocenters. The second-order valence-electron chi connectivity index (χ2n) is 21.9. The number of hydrogen-bond donors (Lipinski definition) is 16. The highest BCUT2D eigenvalue weighted by Crippen LogP contribution is 2.34. The number of phenols is 1. The number of nitrogens with one attached hydrogen (secondary N) is 3. The highest BCUT2D eigenvalue weighted by Gasteiger charge is 2.34. The molecule has 2 heterocycles. The number of esters is 1. The molecule has 0 radical (unpaired) electrons. The van der Waals surface area contributed by atoms with Crippen LogP contribution in [-0.2, 0) is 11.2 Å². The van der Waals surface area contributed by atoms with Gasteiger partial charge in [0.1, 0.15) is 62.5 Å². The molecule has 2 aliphatic heterocycles. The van der Waals surface area contributed by atoms with Gasteiger partial charge in [0.05, 0.1) is 50.2 Å². The Morgan fingerprint density at radius 1 is 0.531 bits per heavy atom. The Morgan fingerprint density at radius 2 is 0.990 bits per heavy atom. The van der Waals surface area contributed by atoms with Crippen LogP contribution in [0.2, 0.25) is 0 Å². The Labute approximate surface area is 564 Å². The standard InChI is InChI=1S/C13H19NO3.C10H11NO3.C10H13NO3.C9H12N2O3.C9H9NO3.2C8H10N2O3/c1-8(2)14(9(3)4)10-5-6-12(15)11(7-10)13(16)17;1-10(2)13-8-4-3-6(11)5-7(8)9(12)14-10;1-6(2)14-9-4-3-7(11)5-8(9)10(12)13;1-2-14-8-4-3-6(10)5-7(8)9(12)11-13;10-6-3-5-1-2-13-8(5)7(4-6)9(11)12;1-13-7-3-2-5(9)4-6(7)8(11)10-12;1-13-7-4-5(9)2-3-6(7)8(11)10-12/h5-9,15H,1-4H3,(H,16,17);3-5H,11H2,1-2H3;3-6H,11H2,1-2H3,(H,12,13);3-5,13H,2,10H2,1H3,(H,11,12);3-4H,1-2,10H2,(H,11,12);2*2-4,12H,9H2,1H3,(H,10,11). The number of hydroxylamine groups is 3. The number of cyclic esters (lactones) is 1. The van der Waals surface area contributed by atoms with Crippen LogP contribution in [0.25, 0.3) is 0 Å². The van der Waals surface area contributed by atoms with Crippen molar-refractivity contribution in [2.24, 2.45) is 0 Å². The number of aromatic carboxylic acids is 3. The van der Waals surface area contributed by atoms with Crippen molar-refractivity contribution in [3.8, 4) is 40.2 Å². The molecule has 22 N–H and O–H groups in total. The molecule has 0 saturated carbocycles. The Hall–Kier alpha value is -12.1. The van der Waals surface area contributed by atoms with Gasteiger partial charge in [-0.05, 0) is 164 Å². The lowest BCUT2D eigenvalue weighted by atomic mass is 10.1. The SMILES string of the molecule is CC(C)N(c1ccc(O)c(C(=O)O)c1)C(C)C.CC(C)Oc1ccc(N)cc1C(=O)O.CC1(C)OC(=O)c2cc(N)ccc2O1.CCOc1ccc(N)cc1C(=O)NO.COc1cc(N)ccc1C(=O)NO.COc1ccc(N)cc1C(=O)NO.Nc1cc2c(c(C(=O)O)c1)OCC2. The number of anilines is 7. The van der Waals surface area contributed by atoms with E-state index in [9.17, 15) is 38.7 Å². The molecule has 9 rings (SSSR count). The highest BCUT2D eigenvalue weighted by molar-refractivity contribution is 5.99. The Bertz CT molecular complexity index is 3870. The van der Waals surface area contributed by atoms with Crippen molar-refractivity contribution >= 4 is 81.4 Å². The number of hydrogen-bond acceptors (Lipinski definition) is 25. The predicted octanol–water partition coefficient (Wildman–Crippen LogP) is 8.50. The maximum atomic E-state index is 11.5. The van der Waals surface area contributed by atoms with Crippen LogP contribution in [0.3, 0.4) is 0 Å². The normalized spacial score (nSPS) is 11.6. The molecular weight excluding hydrogens is 1280 g/mol. The Morgan fingerprint density at radius 3 is 1.49 bits per heavy atom. The number of nitrogens with zero attached hydrogens (tertiary/aromatic N) is 1. The number of carbonyl (C=O) groups excluding carboxylic acids is 4. The van der Waals surface area contributed by atoms with E-state index in [1.54, 1.807) is 93.6 Å². The summed E-state index contributed by atoms with van der Waals surface area (Å²) in [6.07, 6.45) is 0.678. The number of aromatic hydroxyl groups is 1. The topological polar surface area (TPSA) is 521 Å². The van der Waals surface area contributed by atoms with Crippen molar-refractivity contribution in [1.82, 2.24) is 16.4 Å². The number of amides is 3. The predicted molar refractivity (Wildman–Crippen MR) is 364 cm³/mol. The van der Waals surface area contributed by atoms with Crippen LogP contribution in [-0.4, -0.2) is 129 Å². The first-order valence-electron chi connectivity index (χ1n) is 29.5. The van der Waals surface area contributed by atoms with Crippen molar-refractivity contribution in [2.45, 2.75) is 92.7 Å². The van der Waals surface area contributed by atoms with Gasteiger partial charge in [-0.15, -0.1) is 0 Å². The van der Waals surface area contributed by atoms with Gasteiger partial charge in [-0.25, -0.2) is 35.6 Å². The molecule has 0 spiro atoms. The summed E-state index contributed by atoms with van der Waals surface area (Å²) < 4.78 is 36.0. The highest BCUT2D eigenvalue weighted by atomic mass is 16.7. The second kappa shape index (κ2) is 37.7. The molecule has 98 heavy (non-hydrogen) atoms. The molecule has 7 aromatic carbocycles. The van der Waals surface area contributed by atoms with Gasteiger partial charge >= 0.3 is 23.9 Å². The van der Waals surface area contributed by atoms with E-state index < -0.39 is 47.4 Å². The zero-order valence-corrected chi connectivity index (χ0v) is 55.7. The lowest BCUT2D eigenvalue weighted by Crippen LogP contribution is -2.38. The largest absolute Gasteiger partial charge is 0.507 e. The first kappa shape index (κ1) is 80.1. The molecule has 7 aromatic rings. The van der Waals surface area contributed by atoms with Crippen molar-refractivity contribution in [3.05, 3.63) is 166 Å². The Balaban J connectivity index is 0.000000298. The summed E-state index contributed by atoms with van der Waals surface area (Å²) in [7, 11) is 2.85. The number of nitrogens with two attached hydrogens (primary N) is 6. The van der Waals surface area contributed by atoms with Gasteiger partial charge in [-0.3, -0.25) is 30.0 Å². The maximum absolute atomic E-state index is 11.5. The van der Waals surface area contributed by atoms with Crippen molar-refractivity contribution in [2.75, 3.05) is 66.7 Å². The van der Waals surface area contributed by atoms with Gasteiger partial charge in [-0.1, -0.05) is 0 Å². The molecule has 0 atom stereocenters. The number of nitrogen functional groups attached to an aromatic ring is 6. The zero-order valence-electron chi connectivity index (χ0n) is 55.7. The van der Waals surface area contributed by atoms with E-state index in [4.69, 9.17) is 98.5 Å². The summed E-state index contributed by atoms with van der Waals surface area (Å²) in [4.78, 5) is 79.4. The monoisotopic (exact) mass is 1360 g/mol. The lowest BCUT2D eigenvalue weighted by molar-refractivity contribution is -0.127. The van der Waals surface area contributed by atoms with E-state index in [1.807, 2.05) is 41.5 Å². The van der Waals surface area contributed by atoms with Crippen LogP contribution in [0.1, 0.15) is 140 Å². The molecule has 3 amide bonds. The molecule has 0 bridgehead atoms. The third-order valence-corrected chi connectivity index (χ3v) is 13.0. The fourth-order valence-corrected chi connectivity index (χ4v) is 8.96. The maximum Gasteiger partial charge on any atom is 0.345 e. The number of fused-ring (bicyclic) bond motifs is 2. The van der Waals surface area contributed by atoms with Gasteiger partial charge in [0, 0.05) is 83.8 Å². The number of carboxylic acid groups (broad SMARTS) is 3. The summed E-state index contributed by atoms with van der Waals surface area (Å²) >= 11 is 0. The summed E-state index contributed by atoms with van der Waals surface area (Å²) in [5.41, 5.74) is 43.2. The van der Waals surface area contributed by atoms with Gasteiger partial charge in [0.25, 0.3) is 17.7 Å². The van der Waals surface area contributed by atoms with Crippen molar-refractivity contribution < 1.29 is 103 Å². The van der Waals surface area contributed by atoms with Crippen molar-refractivity contribution in [3.63, 3.8) is 0 Å². The molecular formula is C67H84N10O21. The zero-order chi connectivity index (χ0) is 73.9. The van der Waals surface area contributed by atoms with E-state index >= 15 is 0 Å². The van der Waals surface area contributed by atoms with E-state index in [1.165, 1.54) is 79.2 Å². The van der Waals surface area contributed by atoms with E-state index in [0.717, 1.165) is 17.7 Å². The average Bonchev–Trinajstić information content (AvgIpc) is 1.12. The van der Waals surface area contributed by atoms with Crippen LogP contribution >= 0.6 is 0 Å². The molecule has 0 saturated heterocycles. The number of rotatable bonds is 15. The third kappa shape index (κ3) is 24.0. The van der Waals surface area contributed by atoms with Crippen LogP contribution in [0.4, 0.5) is 39.8 Å². The van der Waals surface area contributed by atoms with Crippen LogP contribution < -0.4 is 84.2 Å². The fourth-order valence-electron chi connectivity index (χ4n) is 8.96. The molecule has 31 heteroatoms. The smallest absolute Gasteiger partial charge is 0.345 e. The second-order valence-corrected chi connectivity index (χ2v) is 21.9. The molecule has 0 aromatic heterocycles. The number of carbonyl (C=O) groups is 7. The summed E-state index contributed by atoms with van der Waals surface area (Å²) in [6, 6.07) is 31.6. The fraction of sp³-hybridized carbons (Fsp3) is 0.269. The quantitative estimate of drug-likeness (QED) is 0.0198. The number of benzene rings is 7.